The number of fused-ring (bicyclic) bond motifs is 1. The summed E-state index contributed by atoms with van der Waals surface area (Å²) in [7, 11) is 0. The van der Waals surface area contributed by atoms with Crippen LogP contribution in [0.25, 0.3) is 11.0 Å². The number of rotatable bonds is 5. The van der Waals surface area contributed by atoms with E-state index in [1.807, 2.05) is 60.4 Å². The molecule has 7 heteroatoms. The number of hydrogen-bond acceptors (Lipinski definition) is 4. The minimum Gasteiger partial charge on any atom is -0.352 e. The van der Waals surface area contributed by atoms with Crippen LogP contribution in [0.1, 0.15) is 25.3 Å². The second-order valence-electron chi connectivity index (χ2n) is 7.61. The van der Waals surface area contributed by atoms with Crippen LogP contribution in [0, 0.1) is 5.92 Å². The lowest BCUT2D eigenvalue weighted by Gasteiger charge is -2.32. The van der Waals surface area contributed by atoms with Gasteiger partial charge in [0.2, 0.25) is 5.91 Å². The van der Waals surface area contributed by atoms with Crippen molar-refractivity contribution in [1.82, 2.24) is 14.9 Å². The van der Waals surface area contributed by atoms with Crippen LogP contribution in [-0.4, -0.2) is 28.5 Å². The first-order valence-corrected chi connectivity index (χ1v) is 11.1. The van der Waals surface area contributed by atoms with Crippen molar-refractivity contribution in [1.29, 1.82) is 0 Å². The highest BCUT2D eigenvalue weighted by Crippen LogP contribution is 2.22. The lowest BCUT2D eigenvalue weighted by Crippen LogP contribution is -2.45. The van der Waals surface area contributed by atoms with Gasteiger partial charge in [0.25, 0.3) is 5.56 Å². The molecule has 1 N–H and O–H groups in total. The number of hydrogen-bond donors (Lipinski definition) is 1. The first-order valence-electron chi connectivity index (χ1n) is 10.3. The number of halogens is 1. The molecule has 2 heterocycles. The summed E-state index contributed by atoms with van der Waals surface area (Å²) in [4.78, 5) is 32.5. The van der Waals surface area contributed by atoms with Gasteiger partial charge in [0.05, 0.1) is 17.0 Å². The molecule has 0 spiro atoms. The van der Waals surface area contributed by atoms with Crippen LogP contribution in [-0.2, 0) is 17.9 Å². The van der Waals surface area contributed by atoms with Crippen LogP contribution in [0.5, 0.6) is 0 Å². The number of benzene rings is 2. The highest BCUT2D eigenvalue weighted by molar-refractivity contribution is 9.10. The zero-order chi connectivity index (χ0) is 21.1. The fraction of sp³-hybridized carbons (Fsp3) is 0.348. The number of nitrogens with one attached hydrogen (secondary N) is 1. The molecule has 0 aliphatic carbocycles. The molecule has 0 saturated carbocycles. The number of piperidine rings is 1. The maximum Gasteiger partial charge on any atom is 0.293 e. The summed E-state index contributed by atoms with van der Waals surface area (Å²) in [5.74, 6) is 0.310. The van der Waals surface area contributed by atoms with E-state index in [-0.39, 0.29) is 17.4 Å². The number of amides is 1. The minimum absolute atomic E-state index is 0.0243. The molecule has 6 nitrogen and oxygen atoms in total. The Balaban J connectivity index is 1.52. The second kappa shape index (κ2) is 9.00. The maximum absolute atomic E-state index is 13.1. The van der Waals surface area contributed by atoms with Crippen molar-refractivity contribution in [2.24, 2.45) is 5.92 Å². The molecule has 1 saturated heterocycles. The minimum atomic E-state index is -0.159. The van der Waals surface area contributed by atoms with Crippen LogP contribution in [0.15, 0.2) is 57.8 Å². The Kier molecular flexibility index (Phi) is 6.18. The van der Waals surface area contributed by atoms with Gasteiger partial charge < -0.3 is 14.8 Å². The molecule has 1 aromatic heterocycles. The SMILES string of the molecule is CCn1c(=O)c(N2CCC[C@H](C(=O)NCc3cccc(Br)c3)C2)nc2ccccc21. The number of anilines is 1. The molecule has 1 fully saturated rings. The van der Waals surface area contributed by atoms with Gasteiger partial charge in [-0.15, -0.1) is 0 Å². The molecule has 2 aromatic carbocycles. The maximum atomic E-state index is 13.1. The number of carbonyl (C=O) groups excluding carboxylic acids is 1. The van der Waals surface area contributed by atoms with Gasteiger partial charge in [-0.2, -0.15) is 0 Å². The third-order valence-corrected chi connectivity index (χ3v) is 6.09. The average molecular weight is 469 g/mol. The fourth-order valence-electron chi connectivity index (χ4n) is 4.06. The lowest BCUT2D eigenvalue weighted by atomic mass is 9.97. The molecule has 0 radical (unpaired) electrons. The first-order chi connectivity index (χ1) is 14.6. The highest BCUT2D eigenvalue weighted by Gasteiger charge is 2.28. The van der Waals surface area contributed by atoms with E-state index in [0.717, 1.165) is 40.5 Å². The molecule has 1 aliphatic rings. The van der Waals surface area contributed by atoms with Crippen molar-refractivity contribution in [3.05, 3.63) is 68.9 Å². The largest absolute Gasteiger partial charge is 0.352 e. The van der Waals surface area contributed by atoms with E-state index >= 15 is 0 Å². The molecule has 1 atom stereocenters. The molecule has 30 heavy (non-hydrogen) atoms. The standard InChI is InChI=1S/C23H25BrN4O2/c1-2-28-20-11-4-3-10-19(20)26-21(23(28)30)27-12-6-8-17(15-27)22(29)25-14-16-7-5-9-18(24)13-16/h3-5,7,9-11,13,17H,2,6,8,12,14-15H2,1H3,(H,25,29)/t17-/m0/s1. The van der Waals surface area contributed by atoms with Crippen molar-refractivity contribution in [2.75, 3.05) is 18.0 Å². The summed E-state index contributed by atoms with van der Waals surface area (Å²) in [6, 6.07) is 15.6. The van der Waals surface area contributed by atoms with Gasteiger partial charge in [0.1, 0.15) is 0 Å². The molecule has 1 amide bonds. The van der Waals surface area contributed by atoms with E-state index in [4.69, 9.17) is 0 Å². The Hall–Kier alpha value is -2.67. The van der Waals surface area contributed by atoms with E-state index in [0.29, 0.717) is 25.5 Å². The quantitative estimate of drug-likeness (QED) is 0.619. The molecular formula is C23H25BrN4O2. The summed E-state index contributed by atoms with van der Waals surface area (Å²) in [5, 5.41) is 3.04. The second-order valence-corrected chi connectivity index (χ2v) is 8.52. The number of aryl methyl sites for hydroxylation is 1. The van der Waals surface area contributed by atoms with E-state index in [2.05, 4.69) is 26.2 Å². The Labute approximate surface area is 184 Å². The summed E-state index contributed by atoms with van der Waals surface area (Å²) in [5.41, 5.74) is 2.60. The van der Waals surface area contributed by atoms with Crippen molar-refractivity contribution < 1.29 is 4.79 Å². The Bertz CT molecular complexity index is 1130. The smallest absolute Gasteiger partial charge is 0.293 e. The van der Waals surface area contributed by atoms with Crippen molar-refractivity contribution in [3.63, 3.8) is 0 Å². The highest BCUT2D eigenvalue weighted by atomic mass is 79.9. The van der Waals surface area contributed by atoms with Gasteiger partial charge in [0.15, 0.2) is 5.82 Å². The van der Waals surface area contributed by atoms with E-state index in [1.165, 1.54) is 0 Å². The monoisotopic (exact) mass is 468 g/mol. The Morgan fingerprint density at radius 1 is 1.23 bits per heavy atom. The number of aromatic nitrogens is 2. The van der Waals surface area contributed by atoms with E-state index < -0.39 is 0 Å². The van der Waals surface area contributed by atoms with Gasteiger partial charge >= 0.3 is 0 Å². The van der Waals surface area contributed by atoms with Crippen LogP contribution in [0.3, 0.4) is 0 Å². The third-order valence-electron chi connectivity index (χ3n) is 5.60. The normalized spacial score (nSPS) is 16.6. The molecular weight excluding hydrogens is 444 g/mol. The molecule has 0 unspecified atom stereocenters. The lowest BCUT2D eigenvalue weighted by molar-refractivity contribution is -0.125. The Morgan fingerprint density at radius 2 is 2.07 bits per heavy atom. The zero-order valence-corrected chi connectivity index (χ0v) is 18.6. The van der Waals surface area contributed by atoms with Crippen LogP contribution >= 0.6 is 15.9 Å². The van der Waals surface area contributed by atoms with Crippen molar-refractivity contribution in [2.45, 2.75) is 32.9 Å². The predicted molar refractivity (Wildman–Crippen MR) is 123 cm³/mol. The molecule has 4 rings (SSSR count). The topological polar surface area (TPSA) is 67.2 Å². The van der Waals surface area contributed by atoms with Gasteiger partial charge in [-0.3, -0.25) is 9.59 Å². The number of nitrogens with zero attached hydrogens (tertiary/aromatic N) is 3. The fourth-order valence-corrected chi connectivity index (χ4v) is 4.51. The zero-order valence-electron chi connectivity index (χ0n) is 17.0. The van der Waals surface area contributed by atoms with Crippen LogP contribution in [0.4, 0.5) is 5.82 Å². The first kappa shape index (κ1) is 20.6. The van der Waals surface area contributed by atoms with Crippen molar-refractivity contribution >= 4 is 38.7 Å². The summed E-state index contributed by atoms with van der Waals surface area (Å²) >= 11 is 3.46. The van der Waals surface area contributed by atoms with Gasteiger partial charge in [0, 0.05) is 30.7 Å². The Morgan fingerprint density at radius 3 is 2.87 bits per heavy atom. The summed E-state index contributed by atoms with van der Waals surface area (Å²) in [6.45, 7) is 4.28. The number of para-hydroxylation sites is 2. The van der Waals surface area contributed by atoms with E-state index in [9.17, 15) is 9.59 Å². The third kappa shape index (κ3) is 4.26. The van der Waals surface area contributed by atoms with Crippen molar-refractivity contribution in [3.8, 4) is 0 Å². The molecule has 156 valence electrons. The van der Waals surface area contributed by atoms with Gasteiger partial charge in [-0.25, -0.2) is 4.98 Å². The summed E-state index contributed by atoms with van der Waals surface area (Å²) < 4.78 is 2.75. The molecule has 1 aliphatic heterocycles. The van der Waals surface area contributed by atoms with Crippen LogP contribution < -0.4 is 15.8 Å². The van der Waals surface area contributed by atoms with Gasteiger partial charge in [-0.1, -0.05) is 40.2 Å². The predicted octanol–water partition coefficient (Wildman–Crippen LogP) is 3.71. The summed E-state index contributed by atoms with van der Waals surface area (Å²) in [6.07, 6.45) is 1.67. The van der Waals surface area contributed by atoms with E-state index in [1.54, 1.807) is 4.57 Å². The molecule has 3 aromatic rings. The molecule has 0 bridgehead atoms. The number of carbonyl (C=O) groups is 1. The van der Waals surface area contributed by atoms with Crippen LogP contribution in [0.2, 0.25) is 0 Å². The average Bonchev–Trinajstić information content (AvgIpc) is 2.77. The van der Waals surface area contributed by atoms with Gasteiger partial charge in [-0.05, 0) is 49.6 Å².